The molecule has 80 valence electrons. The average Bonchev–Trinajstić information content (AvgIpc) is 2.48. The minimum absolute atomic E-state index is 0.0607. The molecular weight excluding hydrogens is 242 g/mol. The zero-order valence-corrected chi connectivity index (χ0v) is 8.92. The lowest BCUT2D eigenvalue weighted by Gasteiger charge is -1.92. The number of phenolic OH excluding ortho intramolecular Hbond substituents is 1. The van der Waals surface area contributed by atoms with Gasteiger partial charge in [-0.05, 0) is 12.1 Å². The van der Waals surface area contributed by atoms with E-state index in [1.54, 1.807) is 12.1 Å². The Balaban J connectivity index is 2.60. The van der Waals surface area contributed by atoms with E-state index in [2.05, 4.69) is 5.16 Å². The first-order valence-electron chi connectivity index (χ1n) is 3.96. The zero-order valence-electron chi connectivity index (χ0n) is 7.34. The monoisotopic (exact) mass is 247 g/mol. The molecule has 0 radical (unpaired) electrons. The highest BCUT2D eigenvalue weighted by Crippen LogP contribution is 2.27. The van der Waals surface area contributed by atoms with Crippen LogP contribution in [0.5, 0.6) is 5.75 Å². The second-order valence-corrected chi connectivity index (χ2v) is 5.74. The van der Waals surface area contributed by atoms with Crippen molar-refractivity contribution in [2.45, 2.75) is 5.75 Å². The van der Waals surface area contributed by atoms with Crippen LogP contribution in [0.2, 0.25) is 0 Å². The maximum Gasteiger partial charge on any atom is 0.240 e. The van der Waals surface area contributed by atoms with E-state index in [0.717, 1.165) is 0 Å². The van der Waals surface area contributed by atoms with Crippen molar-refractivity contribution in [2.75, 3.05) is 0 Å². The van der Waals surface area contributed by atoms with Gasteiger partial charge in [-0.2, -0.15) is 0 Å². The van der Waals surface area contributed by atoms with E-state index in [0.29, 0.717) is 5.39 Å². The molecule has 7 heteroatoms. The van der Waals surface area contributed by atoms with Gasteiger partial charge in [0, 0.05) is 16.1 Å². The largest absolute Gasteiger partial charge is 0.506 e. The van der Waals surface area contributed by atoms with Crippen molar-refractivity contribution >= 4 is 30.6 Å². The molecule has 0 aliphatic heterocycles. The summed E-state index contributed by atoms with van der Waals surface area (Å²) < 4.78 is 26.5. The summed E-state index contributed by atoms with van der Waals surface area (Å²) in [4.78, 5) is 0. The zero-order chi connectivity index (χ0) is 11.1. The third-order valence-electron chi connectivity index (χ3n) is 1.87. The van der Waals surface area contributed by atoms with Gasteiger partial charge >= 0.3 is 0 Å². The average molecular weight is 248 g/mol. The molecule has 0 saturated carbocycles. The van der Waals surface area contributed by atoms with Gasteiger partial charge in [-0.3, -0.25) is 0 Å². The lowest BCUT2D eigenvalue weighted by Crippen LogP contribution is -1.93. The smallest absolute Gasteiger partial charge is 0.240 e. The van der Waals surface area contributed by atoms with Crippen molar-refractivity contribution in [3.8, 4) is 5.75 Å². The first-order chi connectivity index (χ1) is 6.97. The summed E-state index contributed by atoms with van der Waals surface area (Å²) in [5.41, 5.74) is 0.229. The van der Waals surface area contributed by atoms with Gasteiger partial charge in [0.15, 0.2) is 11.3 Å². The van der Waals surface area contributed by atoms with E-state index in [9.17, 15) is 13.5 Å². The number of nitrogens with zero attached hydrogens (tertiary/aromatic N) is 1. The molecule has 15 heavy (non-hydrogen) atoms. The summed E-state index contributed by atoms with van der Waals surface area (Å²) in [5.74, 6) is -0.389. The van der Waals surface area contributed by atoms with Gasteiger partial charge in [0.05, 0.1) is 0 Å². The maximum atomic E-state index is 10.8. The fraction of sp³-hybridized carbons (Fsp3) is 0.125. The normalized spacial score (nSPS) is 12.1. The van der Waals surface area contributed by atoms with Crippen LogP contribution < -0.4 is 0 Å². The quantitative estimate of drug-likeness (QED) is 0.816. The van der Waals surface area contributed by atoms with Crippen molar-refractivity contribution in [3.63, 3.8) is 0 Å². The Morgan fingerprint density at radius 3 is 2.87 bits per heavy atom. The Morgan fingerprint density at radius 2 is 2.20 bits per heavy atom. The van der Waals surface area contributed by atoms with Crippen LogP contribution in [-0.4, -0.2) is 18.7 Å². The van der Waals surface area contributed by atoms with Crippen molar-refractivity contribution in [1.29, 1.82) is 0 Å². The molecule has 5 nitrogen and oxygen atoms in total. The predicted molar refractivity (Wildman–Crippen MR) is 54.2 cm³/mol. The number of halogens is 1. The fourth-order valence-corrected chi connectivity index (χ4v) is 2.08. The third kappa shape index (κ3) is 2.05. The molecular formula is C8H6ClNO4S. The summed E-state index contributed by atoms with van der Waals surface area (Å²) in [6.45, 7) is 0. The van der Waals surface area contributed by atoms with Gasteiger partial charge in [0.2, 0.25) is 9.05 Å². The van der Waals surface area contributed by atoms with Crippen LogP contribution in [0.1, 0.15) is 5.76 Å². The number of fused-ring (bicyclic) bond motifs is 1. The molecule has 0 saturated heterocycles. The van der Waals surface area contributed by atoms with E-state index >= 15 is 0 Å². The van der Waals surface area contributed by atoms with Gasteiger partial charge in [0.25, 0.3) is 0 Å². The number of aromatic nitrogens is 1. The van der Waals surface area contributed by atoms with Crippen LogP contribution in [0, 0.1) is 0 Å². The van der Waals surface area contributed by atoms with Gasteiger partial charge in [0.1, 0.15) is 11.5 Å². The number of benzene rings is 1. The number of hydrogen-bond donors (Lipinski definition) is 1. The Kier molecular flexibility index (Phi) is 2.32. The van der Waals surface area contributed by atoms with Crippen LogP contribution in [0.25, 0.3) is 10.9 Å². The molecule has 0 atom stereocenters. The van der Waals surface area contributed by atoms with Gasteiger partial charge in [-0.1, -0.05) is 11.2 Å². The minimum atomic E-state index is -3.69. The number of aromatic hydroxyl groups is 1. The van der Waals surface area contributed by atoms with Crippen LogP contribution in [0.4, 0.5) is 0 Å². The predicted octanol–water partition coefficient (Wildman–Crippen LogP) is 1.60. The van der Waals surface area contributed by atoms with E-state index in [1.165, 1.54) is 6.07 Å². The fourth-order valence-electron chi connectivity index (χ4n) is 1.26. The van der Waals surface area contributed by atoms with E-state index in [1.807, 2.05) is 0 Å². The molecule has 1 N–H and O–H groups in total. The number of rotatable bonds is 2. The van der Waals surface area contributed by atoms with E-state index < -0.39 is 14.8 Å². The summed E-state index contributed by atoms with van der Waals surface area (Å²) in [6, 6.07) is 4.60. The maximum absolute atomic E-state index is 10.8. The lowest BCUT2D eigenvalue weighted by molar-refractivity contribution is 0.397. The molecule has 0 aliphatic rings. The molecule has 0 unspecified atom stereocenters. The molecule has 1 heterocycles. The Labute approximate surface area is 89.7 Å². The highest BCUT2D eigenvalue weighted by Gasteiger charge is 2.16. The summed E-state index contributed by atoms with van der Waals surface area (Å²) in [6.07, 6.45) is 0. The molecule has 1 aromatic heterocycles. The minimum Gasteiger partial charge on any atom is -0.506 e. The molecule has 2 rings (SSSR count). The lowest BCUT2D eigenvalue weighted by atomic mass is 10.2. The SMILES string of the molecule is O=S(=O)(Cl)Cc1onc2c(O)cccc12. The first kappa shape index (κ1) is 10.3. The van der Waals surface area contributed by atoms with Crippen LogP contribution in [-0.2, 0) is 14.8 Å². The number of hydrogen-bond acceptors (Lipinski definition) is 5. The van der Waals surface area contributed by atoms with Crippen molar-refractivity contribution in [3.05, 3.63) is 24.0 Å². The molecule has 2 aromatic rings. The summed E-state index contributed by atoms with van der Waals surface area (Å²) in [7, 11) is 1.39. The third-order valence-corrected chi connectivity index (χ3v) is 2.80. The molecule has 0 amide bonds. The highest BCUT2D eigenvalue weighted by atomic mass is 35.7. The van der Waals surface area contributed by atoms with Gasteiger partial charge in [-0.25, -0.2) is 8.42 Å². The van der Waals surface area contributed by atoms with Crippen LogP contribution >= 0.6 is 10.7 Å². The van der Waals surface area contributed by atoms with E-state index in [-0.39, 0.29) is 17.0 Å². The second kappa shape index (κ2) is 3.39. The summed E-state index contributed by atoms with van der Waals surface area (Å²) in [5, 5.41) is 13.4. The molecule has 0 aliphatic carbocycles. The molecule has 0 fully saturated rings. The van der Waals surface area contributed by atoms with Gasteiger partial charge < -0.3 is 9.63 Å². The summed E-state index contributed by atoms with van der Waals surface area (Å²) >= 11 is 0. The standard InChI is InChI=1S/C8H6ClNO4S/c9-15(12,13)4-7-5-2-1-3-6(11)8(5)10-14-7/h1-3,11H,4H2. The van der Waals surface area contributed by atoms with Gasteiger partial charge in [-0.15, -0.1) is 0 Å². The second-order valence-electron chi connectivity index (χ2n) is 2.96. The first-order valence-corrected chi connectivity index (χ1v) is 6.44. The number of phenols is 1. The Hall–Kier alpha value is -1.27. The molecule has 0 spiro atoms. The highest BCUT2D eigenvalue weighted by molar-refractivity contribution is 8.13. The Morgan fingerprint density at radius 1 is 1.47 bits per heavy atom. The molecule has 0 bridgehead atoms. The van der Waals surface area contributed by atoms with Crippen molar-refractivity contribution < 1.29 is 18.0 Å². The van der Waals surface area contributed by atoms with Crippen LogP contribution in [0.15, 0.2) is 22.7 Å². The van der Waals surface area contributed by atoms with Crippen molar-refractivity contribution in [2.24, 2.45) is 0 Å². The topological polar surface area (TPSA) is 80.4 Å². The van der Waals surface area contributed by atoms with Crippen molar-refractivity contribution in [1.82, 2.24) is 5.16 Å². The van der Waals surface area contributed by atoms with Crippen LogP contribution in [0.3, 0.4) is 0 Å². The molecule has 1 aromatic carbocycles. The van der Waals surface area contributed by atoms with E-state index in [4.69, 9.17) is 15.2 Å². The Bertz CT molecular complexity index is 604.